The summed E-state index contributed by atoms with van der Waals surface area (Å²) in [6.45, 7) is 18.2. The van der Waals surface area contributed by atoms with Crippen LogP contribution < -0.4 is 24.8 Å². The predicted molar refractivity (Wildman–Crippen MR) is 209 cm³/mol. The Bertz CT molecular complexity index is 1880. The molecule has 0 N–H and O–H groups in total. The third kappa shape index (κ3) is 10.0. The van der Waals surface area contributed by atoms with Crippen molar-refractivity contribution in [2.24, 2.45) is 0 Å². The van der Waals surface area contributed by atoms with Gasteiger partial charge in [-0.25, -0.2) is 0 Å². The smallest absolute Gasteiger partial charge is 1.00 e. The van der Waals surface area contributed by atoms with Crippen LogP contribution in [0.15, 0.2) is 109 Å². The van der Waals surface area contributed by atoms with Crippen LogP contribution in [-0.2, 0) is 34.2 Å². The van der Waals surface area contributed by atoms with Crippen molar-refractivity contribution in [3.05, 3.63) is 131 Å². The second-order valence-corrected chi connectivity index (χ2v) is 25.8. The molecule has 6 aromatic rings. The number of benzene rings is 4. The molecule has 2 aliphatic carbocycles. The fourth-order valence-electron chi connectivity index (χ4n) is 6.62. The van der Waals surface area contributed by atoms with Crippen LogP contribution in [0.4, 0.5) is 0 Å². The molecule has 4 heteroatoms. The summed E-state index contributed by atoms with van der Waals surface area (Å²) in [5.41, 5.74) is 11.9. The monoisotopic (exact) mass is 792 g/mol. The first-order valence-electron chi connectivity index (χ1n) is 17.9. The molecule has 0 heterocycles. The largest absolute Gasteiger partial charge is 1.00 e. The zero-order chi connectivity index (χ0) is 34.2. The van der Waals surface area contributed by atoms with Crippen LogP contribution in [0.25, 0.3) is 43.8 Å². The molecular formula is C46H52Cl2SiZr-2. The number of hydrogen-bond donors (Lipinski definition) is 0. The Morgan fingerprint density at radius 2 is 0.860 bits per heavy atom. The fourth-order valence-corrected chi connectivity index (χ4v) is 6.62. The van der Waals surface area contributed by atoms with E-state index in [1.165, 1.54) is 91.7 Å². The summed E-state index contributed by atoms with van der Waals surface area (Å²) in [7, 11) is 0. The van der Waals surface area contributed by atoms with Gasteiger partial charge in [0.25, 0.3) is 0 Å². The molecule has 6 aromatic carbocycles. The van der Waals surface area contributed by atoms with Gasteiger partial charge in [-0.2, -0.15) is 12.1 Å². The van der Waals surface area contributed by atoms with Crippen molar-refractivity contribution >= 4 is 27.0 Å². The molecule has 0 atom stereocenters. The molecule has 0 spiro atoms. The van der Waals surface area contributed by atoms with Crippen molar-refractivity contribution in [1.29, 1.82) is 0 Å². The van der Waals surface area contributed by atoms with Gasteiger partial charge in [-0.05, 0) is 70.6 Å². The van der Waals surface area contributed by atoms with E-state index in [-0.39, 0.29) is 41.1 Å². The van der Waals surface area contributed by atoms with Crippen LogP contribution in [-0.4, -0.2) is 5.43 Å². The molecule has 260 valence electrons. The molecule has 0 nitrogen and oxygen atoms in total. The minimum Gasteiger partial charge on any atom is -1.00 e. The van der Waals surface area contributed by atoms with Crippen molar-refractivity contribution in [2.75, 3.05) is 0 Å². The first-order valence-corrected chi connectivity index (χ1v) is 24.1. The van der Waals surface area contributed by atoms with Crippen molar-refractivity contribution in [2.45, 2.75) is 103 Å². The molecule has 0 amide bonds. The van der Waals surface area contributed by atoms with Gasteiger partial charge in [0.2, 0.25) is 0 Å². The molecule has 0 radical (unpaired) electrons. The maximum Gasteiger partial charge on any atom is -1.00 e. The first-order chi connectivity index (χ1) is 22.8. The second kappa shape index (κ2) is 16.6. The Balaban J connectivity index is 0.000000196. The van der Waals surface area contributed by atoms with Crippen LogP contribution in [0.3, 0.4) is 0 Å². The van der Waals surface area contributed by atoms with Crippen molar-refractivity contribution < 1.29 is 48.1 Å². The summed E-state index contributed by atoms with van der Waals surface area (Å²) < 4.78 is 0. The van der Waals surface area contributed by atoms with Gasteiger partial charge in [0.1, 0.15) is 0 Å². The van der Waals surface area contributed by atoms with Gasteiger partial charge >= 0.3 is 41.9 Å². The molecule has 0 aliphatic heterocycles. The molecule has 8 rings (SSSR count). The van der Waals surface area contributed by atoms with Crippen LogP contribution in [0.2, 0.25) is 13.1 Å². The summed E-state index contributed by atoms with van der Waals surface area (Å²) in [6.07, 6.45) is 5.47. The van der Waals surface area contributed by atoms with Gasteiger partial charge in [-0.3, -0.25) is 0 Å². The zero-order valence-electron chi connectivity index (χ0n) is 31.1. The number of rotatable bonds is 4. The van der Waals surface area contributed by atoms with Crippen LogP contribution in [0, 0.1) is 0 Å². The zero-order valence-corrected chi connectivity index (χ0v) is 36.1. The maximum atomic E-state index is 2.42. The normalized spacial score (nSPS) is 14.1. The van der Waals surface area contributed by atoms with E-state index < -0.39 is 0 Å². The number of fused-ring (bicyclic) bond motifs is 2. The van der Waals surface area contributed by atoms with Gasteiger partial charge in [-0.15, -0.1) is 69.1 Å². The van der Waals surface area contributed by atoms with Gasteiger partial charge in [0.15, 0.2) is 0 Å². The number of hydrogen-bond acceptors (Lipinski definition) is 0. The van der Waals surface area contributed by atoms with E-state index in [1.54, 1.807) is 23.3 Å². The average Bonchev–Trinajstić information content (AvgIpc) is 3.98. The quantitative estimate of drug-likeness (QED) is 0.128. The fraction of sp³-hybridized carbons (Fsp3) is 0.348. The van der Waals surface area contributed by atoms with Gasteiger partial charge < -0.3 is 24.8 Å². The van der Waals surface area contributed by atoms with Crippen LogP contribution in [0.5, 0.6) is 0 Å². The Kier molecular flexibility index (Phi) is 13.5. The van der Waals surface area contributed by atoms with Crippen molar-refractivity contribution in [3.8, 4) is 22.3 Å². The summed E-state index contributed by atoms with van der Waals surface area (Å²) >= 11 is 1.74. The van der Waals surface area contributed by atoms with Crippen molar-refractivity contribution in [1.82, 2.24) is 0 Å². The first kappa shape index (κ1) is 40.5. The van der Waals surface area contributed by atoms with E-state index in [0.717, 1.165) is 11.8 Å². The van der Waals surface area contributed by atoms with E-state index in [2.05, 4.69) is 164 Å². The van der Waals surface area contributed by atoms with E-state index in [4.69, 9.17) is 0 Å². The van der Waals surface area contributed by atoms with E-state index in [9.17, 15) is 0 Å². The standard InChI is InChI=1S/2C22H23.C2H6Si.2ClH.Zr/c2*1-22(2,3)19-11-9-16(10-12-19)20-6-4-5-17-13-18(14-21(17)20)15-7-8-15;1-3-2;;;/h2*4-6,9-15H,7-8H2,1-3H3;1-2H3;2*1H;/q2*-1;;;;+2/p-2. The molecule has 0 saturated heterocycles. The topological polar surface area (TPSA) is 0 Å². The number of halogens is 2. The van der Waals surface area contributed by atoms with E-state index in [0.29, 0.717) is 0 Å². The maximum absolute atomic E-state index is 2.42. The third-order valence-corrected chi connectivity index (χ3v) is 9.77. The Morgan fingerprint density at radius 3 is 1.14 bits per heavy atom. The SMILES string of the molecule is CC(C)(C)c1ccc(-c2cccc3[cH-]c(C4CC4)cc23)cc1.CC(C)(C)c1ccc(-c2cccc3[cH-]c(C4CC4)cc23)cc1.C[Si](C)=[Zr+2].[Cl-].[Cl-]. The molecule has 2 fully saturated rings. The summed E-state index contributed by atoms with van der Waals surface area (Å²) in [6, 6.07) is 41.2. The minimum absolute atomic E-state index is 0. The molecule has 0 unspecified atom stereocenters. The third-order valence-electron chi connectivity index (χ3n) is 9.77. The summed E-state index contributed by atoms with van der Waals surface area (Å²) in [4.78, 5) is 0. The van der Waals surface area contributed by atoms with E-state index in [1.807, 2.05) is 0 Å². The van der Waals surface area contributed by atoms with Gasteiger partial charge in [0, 0.05) is 0 Å². The second-order valence-electron chi connectivity index (χ2n) is 16.4. The summed E-state index contributed by atoms with van der Waals surface area (Å²) in [5.74, 6) is 1.65. The van der Waals surface area contributed by atoms with Crippen LogP contribution >= 0.6 is 0 Å². The Hall–Kier alpha value is -2.22. The molecule has 50 heavy (non-hydrogen) atoms. The molecule has 0 bridgehead atoms. The average molecular weight is 795 g/mol. The Labute approximate surface area is 329 Å². The minimum atomic E-state index is 0. The summed E-state index contributed by atoms with van der Waals surface area (Å²) in [5, 5.41) is 5.60. The van der Waals surface area contributed by atoms with Crippen LogP contribution in [0.1, 0.15) is 101 Å². The van der Waals surface area contributed by atoms with Gasteiger partial charge in [0.05, 0.1) is 0 Å². The Morgan fingerprint density at radius 1 is 0.540 bits per heavy atom. The predicted octanol–water partition coefficient (Wildman–Crippen LogP) is 7.59. The molecule has 0 aromatic heterocycles. The molecule has 2 saturated carbocycles. The van der Waals surface area contributed by atoms with E-state index >= 15 is 0 Å². The van der Waals surface area contributed by atoms with Gasteiger partial charge in [-0.1, -0.05) is 113 Å². The van der Waals surface area contributed by atoms with Crippen molar-refractivity contribution in [3.63, 3.8) is 0 Å². The molecular weight excluding hydrogens is 743 g/mol. The molecule has 2 aliphatic rings.